The van der Waals surface area contributed by atoms with Crippen LogP contribution in [-0.2, 0) is 5.41 Å². The lowest BCUT2D eigenvalue weighted by Gasteiger charge is -2.41. The Hall–Kier alpha value is -1.72. The third-order valence-corrected chi connectivity index (χ3v) is 4.39. The minimum absolute atomic E-state index is 0.282. The molecule has 0 fully saturated rings. The van der Waals surface area contributed by atoms with Crippen LogP contribution in [0.3, 0.4) is 0 Å². The predicted molar refractivity (Wildman–Crippen MR) is 75.9 cm³/mol. The van der Waals surface area contributed by atoms with Crippen molar-refractivity contribution >= 4 is 0 Å². The van der Waals surface area contributed by atoms with E-state index in [0.29, 0.717) is 0 Å². The van der Waals surface area contributed by atoms with Crippen molar-refractivity contribution in [2.75, 3.05) is 0 Å². The van der Waals surface area contributed by atoms with Gasteiger partial charge in [-0.25, -0.2) is 0 Å². The first-order valence-corrected chi connectivity index (χ1v) is 7.08. The molecule has 6 heteroatoms. The van der Waals surface area contributed by atoms with Crippen molar-refractivity contribution in [3.05, 3.63) is 59.2 Å². The van der Waals surface area contributed by atoms with Gasteiger partial charge in [-0.05, 0) is 30.4 Å². The minimum Gasteiger partial charge on any atom is -0.169 e. The molecule has 0 saturated heterocycles. The van der Waals surface area contributed by atoms with Gasteiger partial charge in [0.15, 0.2) is 0 Å². The summed E-state index contributed by atoms with van der Waals surface area (Å²) in [4.78, 5) is 0. The maximum absolute atomic E-state index is 13.8. The molecule has 0 radical (unpaired) electrons. The van der Waals surface area contributed by atoms with Crippen LogP contribution in [-0.4, -0.2) is 12.4 Å². The van der Waals surface area contributed by atoms with Gasteiger partial charge < -0.3 is 0 Å². The smallest absolute Gasteiger partial charge is 0.169 e. The molecule has 1 aliphatic carbocycles. The van der Waals surface area contributed by atoms with Crippen molar-refractivity contribution in [1.29, 1.82) is 0 Å². The van der Waals surface area contributed by atoms with E-state index >= 15 is 0 Å². The maximum Gasteiger partial charge on any atom is 0.410 e. The highest BCUT2D eigenvalue weighted by Gasteiger charge is 2.73. The number of halogens is 6. The van der Waals surface area contributed by atoms with Gasteiger partial charge >= 0.3 is 12.4 Å². The Labute approximate surface area is 130 Å². The third kappa shape index (κ3) is 2.79. The molecular weight excluding hydrogens is 318 g/mol. The van der Waals surface area contributed by atoms with E-state index in [1.54, 1.807) is 13.8 Å². The summed E-state index contributed by atoms with van der Waals surface area (Å²) < 4.78 is 82.7. The van der Waals surface area contributed by atoms with Crippen LogP contribution in [0.2, 0.25) is 0 Å². The first-order chi connectivity index (χ1) is 10.5. The van der Waals surface area contributed by atoms with E-state index in [9.17, 15) is 26.3 Å². The Balaban J connectivity index is 2.80. The van der Waals surface area contributed by atoms with Gasteiger partial charge in [0.05, 0.1) is 0 Å². The average molecular weight is 334 g/mol. The topological polar surface area (TPSA) is 0 Å². The van der Waals surface area contributed by atoms with E-state index in [1.165, 1.54) is 24.3 Å². The lowest BCUT2D eigenvalue weighted by atomic mass is 9.68. The molecule has 1 aromatic rings. The maximum atomic E-state index is 13.8. The molecule has 0 amide bonds. The van der Waals surface area contributed by atoms with Crippen molar-refractivity contribution in [1.82, 2.24) is 0 Å². The fourth-order valence-electron chi connectivity index (χ4n) is 2.96. The van der Waals surface area contributed by atoms with Crippen molar-refractivity contribution in [3.8, 4) is 0 Å². The second-order valence-electron chi connectivity index (χ2n) is 5.82. The van der Waals surface area contributed by atoms with Gasteiger partial charge in [0.1, 0.15) is 0 Å². The molecule has 1 aliphatic rings. The standard InChI is InChI=1S/C17H16F6/c1-11-8-9-14(10-12(11)2)15(16(18,19)20,17(21,22)23)13-6-4-3-5-7-13/h3-9,12H,10H2,1-2H3. The summed E-state index contributed by atoms with van der Waals surface area (Å²) in [5, 5.41) is 0. The molecular formula is C17H16F6. The zero-order valence-electron chi connectivity index (χ0n) is 12.6. The summed E-state index contributed by atoms with van der Waals surface area (Å²) in [5.74, 6) is -0.372. The van der Waals surface area contributed by atoms with Gasteiger partial charge in [-0.15, -0.1) is 0 Å². The largest absolute Gasteiger partial charge is 0.410 e. The molecule has 23 heavy (non-hydrogen) atoms. The normalized spacial score (nSPS) is 20.1. The summed E-state index contributed by atoms with van der Waals surface area (Å²) in [6.07, 6.45) is -8.94. The molecule has 0 spiro atoms. The zero-order valence-corrected chi connectivity index (χ0v) is 12.6. The van der Waals surface area contributed by atoms with Crippen LogP contribution in [0.5, 0.6) is 0 Å². The summed E-state index contributed by atoms with van der Waals surface area (Å²) in [5.41, 5.74) is -4.68. The molecule has 2 rings (SSSR count). The summed E-state index contributed by atoms with van der Waals surface area (Å²) in [6.45, 7) is 3.32. The number of rotatable bonds is 2. The van der Waals surface area contributed by atoms with Crippen LogP contribution in [0.1, 0.15) is 25.8 Å². The van der Waals surface area contributed by atoms with Gasteiger partial charge in [-0.3, -0.25) is 0 Å². The van der Waals surface area contributed by atoms with E-state index in [1.807, 2.05) is 0 Å². The molecule has 0 nitrogen and oxygen atoms in total. The zero-order chi connectivity index (χ0) is 17.5. The lowest BCUT2D eigenvalue weighted by Crippen LogP contribution is -2.55. The van der Waals surface area contributed by atoms with Crippen molar-refractivity contribution in [2.24, 2.45) is 5.92 Å². The lowest BCUT2D eigenvalue weighted by molar-refractivity contribution is -0.290. The molecule has 126 valence electrons. The highest BCUT2D eigenvalue weighted by atomic mass is 19.4. The minimum atomic E-state index is -5.49. The SMILES string of the molecule is CC1=CC=C(C(c2ccccc2)(C(F)(F)F)C(F)(F)F)CC1C. The third-order valence-electron chi connectivity index (χ3n) is 4.39. The summed E-state index contributed by atoms with van der Waals surface area (Å²) in [7, 11) is 0. The van der Waals surface area contributed by atoms with Crippen LogP contribution >= 0.6 is 0 Å². The first-order valence-electron chi connectivity index (χ1n) is 7.08. The molecule has 1 unspecified atom stereocenters. The Bertz CT molecular complexity index is 605. The Morgan fingerprint density at radius 3 is 1.83 bits per heavy atom. The van der Waals surface area contributed by atoms with Gasteiger partial charge in [0, 0.05) is 0 Å². The Morgan fingerprint density at radius 2 is 1.39 bits per heavy atom. The van der Waals surface area contributed by atoms with E-state index in [-0.39, 0.29) is 12.3 Å². The monoisotopic (exact) mass is 334 g/mol. The molecule has 1 aromatic carbocycles. The van der Waals surface area contributed by atoms with E-state index in [0.717, 1.165) is 23.8 Å². The van der Waals surface area contributed by atoms with Gasteiger partial charge in [0.2, 0.25) is 5.41 Å². The molecule has 0 saturated carbocycles. The second kappa shape index (κ2) is 5.73. The van der Waals surface area contributed by atoms with Crippen LogP contribution in [0.4, 0.5) is 26.3 Å². The van der Waals surface area contributed by atoms with Crippen LogP contribution in [0, 0.1) is 5.92 Å². The van der Waals surface area contributed by atoms with Gasteiger partial charge in [0.25, 0.3) is 0 Å². The van der Waals surface area contributed by atoms with E-state index in [2.05, 4.69) is 0 Å². The van der Waals surface area contributed by atoms with E-state index in [4.69, 9.17) is 0 Å². The molecule has 0 aliphatic heterocycles. The molecule has 1 atom stereocenters. The first kappa shape index (κ1) is 17.6. The fraction of sp³-hybridized carbons (Fsp3) is 0.412. The molecule has 0 bridgehead atoms. The number of hydrogen-bond donors (Lipinski definition) is 0. The Morgan fingerprint density at radius 1 is 0.870 bits per heavy atom. The van der Waals surface area contributed by atoms with Crippen LogP contribution < -0.4 is 0 Å². The van der Waals surface area contributed by atoms with Gasteiger partial charge in [-0.1, -0.05) is 55.0 Å². The summed E-state index contributed by atoms with van der Waals surface area (Å²) >= 11 is 0. The van der Waals surface area contributed by atoms with Crippen LogP contribution in [0.25, 0.3) is 0 Å². The molecule has 0 heterocycles. The van der Waals surface area contributed by atoms with Crippen molar-refractivity contribution in [3.63, 3.8) is 0 Å². The number of allylic oxidation sites excluding steroid dienone is 4. The number of hydrogen-bond acceptors (Lipinski definition) is 0. The van der Waals surface area contributed by atoms with Crippen molar-refractivity contribution < 1.29 is 26.3 Å². The van der Waals surface area contributed by atoms with Gasteiger partial charge in [-0.2, -0.15) is 26.3 Å². The highest BCUT2D eigenvalue weighted by molar-refractivity contribution is 5.45. The highest BCUT2D eigenvalue weighted by Crippen LogP contribution is 2.58. The fourth-order valence-corrected chi connectivity index (χ4v) is 2.96. The van der Waals surface area contributed by atoms with E-state index < -0.39 is 28.9 Å². The number of alkyl halides is 6. The average Bonchev–Trinajstić information content (AvgIpc) is 2.41. The van der Waals surface area contributed by atoms with Crippen molar-refractivity contribution in [2.45, 2.75) is 38.0 Å². The molecule has 0 aromatic heterocycles. The quantitative estimate of drug-likeness (QED) is 0.585. The summed E-state index contributed by atoms with van der Waals surface area (Å²) in [6, 6.07) is 5.54. The molecule has 0 N–H and O–H groups in total. The second-order valence-corrected chi connectivity index (χ2v) is 5.82. The predicted octanol–water partition coefficient (Wildman–Crippen LogP) is 5.96. The van der Waals surface area contributed by atoms with Crippen LogP contribution in [0.15, 0.2) is 53.6 Å². The number of benzene rings is 1. The Kier molecular flexibility index (Phi) is 4.39.